The molecule has 31 heavy (non-hydrogen) atoms. The molecule has 0 spiro atoms. The molecule has 8 nitrogen and oxygen atoms in total. The molecule has 0 aliphatic rings. The van der Waals surface area contributed by atoms with Crippen molar-refractivity contribution in [2.45, 2.75) is 13.8 Å². The minimum absolute atomic E-state index is 0.309. The smallest absolute Gasteiger partial charge is 0.344 e. The molecule has 3 heterocycles. The number of aryl methyl sites for hydroxylation is 1. The molecule has 0 radical (unpaired) electrons. The number of Topliss-reactive ketones (excluding diaryl/α,β-unsaturated/α-hetero) is 1. The minimum Gasteiger partial charge on any atom is -0.482 e. The third-order valence-corrected chi connectivity index (χ3v) is 5.41. The zero-order chi connectivity index (χ0) is 22.0. The number of hydrogen-bond acceptors (Lipinski definition) is 8. The highest BCUT2D eigenvalue weighted by Gasteiger charge is 2.19. The van der Waals surface area contributed by atoms with Gasteiger partial charge in [0.1, 0.15) is 11.3 Å². The molecule has 0 amide bonds. The van der Waals surface area contributed by atoms with Gasteiger partial charge in [0.15, 0.2) is 18.3 Å². The number of carbonyl (C=O) groups excluding carboxylic acids is 2. The van der Waals surface area contributed by atoms with Gasteiger partial charge in [0.25, 0.3) is 0 Å². The van der Waals surface area contributed by atoms with Crippen LogP contribution in [0.25, 0.3) is 16.1 Å². The first-order valence-corrected chi connectivity index (χ1v) is 10.2. The van der Waals surface area contributed by atoms with E-state index in [0.29, 0.717) is 16.9 Å². The topological polar surface area (TPSA) is 101 Å². The number of carbonyl (C=O) groups is 2. The van der Waals surface area contributed by atoms with E-state index in [1.807, 2.05) is 23.8 Å². The maximum Gasteiger partial charge on any atom is 0.344 e. The molecular formula is C22H18N2O6S. The maximum atomic E-state index is 12.6. The Morgan fingerprint density at radius 2 is 1.94 bits per heavy atom. The van der Waals surface area contributed by atoms with Crippen LogP contribution in [0.2, 0.25) is 0 Å². The monoisotopic (exact) mass is 438 g/mol. The predicted molar refractivity (Wildman–Crippen MR) is 114 cm³/mol. The van der Waals surface area contributed by atoms with Crippen LogP contribution < -0.4 is 10.4 Å². The fourth-order valence-corrected chi connectivity index (χ4v) is 3.96. The molecule has 0 aliphatic heterocycles. The Bertz CT molecular complexity index is 1320. The second-order valence-electron chi connectivity index (χ2n) is 6.76. The van der Waals surface area contributed by atoms with E-state index in [1.165, 1.54) is 23.5 Å². The average molecular weight is 438 g/mol. The zero-order valence-electron chi connectivity index (χ0n) is 16.8. The second-order valence-corrected chi connectivity index (χ2v) is 7.63. The molecule has 0 N–H and O–H groups in total. The first kappa shape index (κ1) is 20.5. The highest BCUT2D eigenvalue weighted by atomic mass is 32.1. The molecule has 4 aromatic rings. The van der Waals surface area contributed by atoms with E-state index in [0.717, 1.165) is 21.9 Å². The van der Waals surface area contributed by atoms with Crippen LogP contribution in [0.4, 0.5) is 0 Å². The molecule has 3 aromatic heterocycles. The Morgan fingerprint density at radius 1 is 1.13 bits per heavy atom. The minimum atomic E-state index is -0.684. The van der Waals surface area contributed by atoms with Gasteiger partial charge in [0.2, 0.25) is 5.78 Å². The van der Waals surface area contributed by atoms with Gasteiger partial charge in [-0.1, -0.05) is 0 Å². The largest absolute Gasteiger partial charge is 0.482 e. The van der Waals surface area contributed by atoms with E-state index in [4.69, 9.17) is 13.9 Å². The molecule has 0 unspecified atom stereocenters. The van der Waals surface area contributed by atoms with E-state index in [1.54, 1.807) is 30.5 Å². The Morgan fingerprint density at radius 3 is 2.71 bits per heavy atom. The fourth-order valence-electron chi connectivity index (χ4n) is 3.20. The van der Waals surface area contributed by atoms with Crippen LogP contribution in [-0.4, -0.2) is 34.5 Å². The number of rotatable bonds is 7. The van der Waals surface area contributed by atoms with E-state index in [-0.39, 0.29) is 12.4 Å². The number of hydrogen-bond donors (Lipinski definition) is 0. The van der Waals surface area contributed by atoms with Gasteiger partial charge in [-0.15, -0.1) is 11.3 Å². The van der Waals surface area contributed by atoms with Crippen LogP contribution in [0.5, 0.6) is 5.75 Å². The van der Waals surface area contributed by atoms with E-state index >= 15 is 0 Å². The Labute approximate surface area is 180 Å². The molecule has 158 valence electrons. The first-order chi connectivity index (χ1) is 14.9. The van der Waals surface area contributed by atoms with Crippen LogP contribution in [0.1, 0.15) is 21.7 Å². The van der Waals surface area contributed by atoms with Crippen LogP contribution in [-0.2, 0) is 9.53 Å². The Kier molecular flexibility index (Phi) is 5.68. The normalized spacial score (nSPS) is 10.9. The molecule has 9 heteroatoms. The summed E-state index contributed by atoms with van der Waals surface area (Å²) in [4.78, 5) is 40.2. The summed E-state index contributed by atoms with van der Waals surface area (Å²) in [6.45, 7) is 2.94. The van der Waals surface area contributed by atoms with Crippen molar-refractivity contribution in [3.05, 3.63) is 75.3 Å². The van der Waals surface area contributed by atoms with Gasteiger partial charge in [-0.3, -0.25) is 9.36 Å². The standard InChI is InChI=1S/C22H18N2O6S/c1-13-9-17(14(2)24(13)22-23-7-8-31-22)18(25)11-29-21(27)12-28-16-5-3-15-4-6-20(26)30-19(15)10-16/h3-10H,11-12H2,1-2H3. The summed E-state index contributed by atoms with van der Waals surface area (Å²) >= 11 is 1.47. The van der Waals surface area contributed by atoms with Crippen LogP contribution in [0, 0.1) is 13.8 Å². The molecule has 0 aliphatic carbocycles. The molecule has 0 fully saturated rings. The highest BCUT2D eigenvalue weighted by molar-refractivity contribution is 7.12. The summed E-state index contributed by atoms with van der Waals surface area (Å²) in [7, 11) is 0. The molecule has 0 bridgehead atoms. The van der Waals surface area contributed by atoms with Crippen molar-refractivity contribution in [1.29, 1.82) is 0 Å². The van der Waals surface area contributed by atoms with Gasteiger partial charge < -0.3 is 13.9 Å². The van der Waals surface area contributed by atoms with E-state index in [9.17, 15) is 14.4 Å². The van der Waals surface area contributed by atoms with Gasteiger partial charge in [0.05, 0.1) is 0 Å². The third-order valence-electron chi connectivity index (χ3n) is 4.66. The van der Waals surface area contributed by atoms with Crippen molar-refractivity contribution in [3.8, 4) is 10.9 Å². The van der Waals surface area contributed by atoms with Crippen molar-refractivity contribution < 1.29 is 23.5 Å². The summed E-state index contributed by atoms with van der Waals surface area (Å²) in [5, 5.41) is 3.36. The lowest BCUT2D eigenvalue weighted by atomic mass is 10.1. The summed E-state index contributed by atoms with van der Waals surface area (Å²) in [5.41, 5.74) is 1.96. The van der Waals surface area contributed by atoms with Crippen LogP contribution in [0.15, 0.2) is 57.2 Å². The molecule has 0 saturated heterocycles. The molecular weight excluding hydrogens is 420 g/mol. The van der Waals surface area contributed by atoms with Crippen LogP contribution in [0.3, 0.4) is 0 Å². The molecule has 0 atom stereocenters. The van der Waals surface area contributed by atoms with Crippen molar-refractivity contribution in [2.24, 2.45) is 0 Å². The van der Waals surface area contributed by atoms with Gasteiger partial charge >= 0.3 is 11.6 Å². The van der Waals surface area contributed by atoms with Gasteiger partial charge in [-0.25, -0.2) is 14.6 Å². The SMILES string of the molecule is Cc1cc(C(=O)COC(=O)COc2ccc3ccc(=O)oc3c2)c(C)n1-c1nccs1. The maximum absolute atomic E-state index is 12.6. The number of nitrogens with zero attached hydrogens (tertiary/aromatic N) is 2. The highest BCUT2D eigenvalue weighted by Crippen LogP contribution is 2.23. The quantitative estimate of drug-likeness (QED) is 0.247. The van der Waals surface area contributed by atoms with Crippen molar-refractivity contribution >= 4 is 34.1 Å². The first-order valence-electron chi connectivity index (χ1n) is 9.37. The summed E-state index contributed by atoms with van der Waals surface area (Å²) in [6.07, 6.45) is 1.70. The Hall–Kier alpha value is -3.72. The fraction of sp³-hybridized carbons (Fsp3) is 0.182. The van der Waals surface area contributed by atoms with Crippen molar-refractivity contribution in [2.75, 3.05) is 13.2 Å². The average Bonchev–Trinajstić information content (AvgIpc) is 3.37. The number of fused-ring (bicyclic) bond motifs is 1. The lowest BCUT2D eigenvalue weighted by molar-refractivity contribution is -0.144. The number of aromatic nitrogens is 2. The van der Waals surface area contributed by atoms with Gasteiger partial charge in [0, 0.05) is 46.0 Å². The van der Waals surface area contributed by atoms with E-state index < -0.39 is 18.2 Å². The predicted octanol–water partition coefficient (Wildman–Crippen LogP) is 3.46. The summed E-state index contributed by atoms with van der Waals surface area (Å²) in [5.74, 6) is -0.648. The van der Waals surface area contributed by atoms with Crippen molar-refractivity contribution in [3.63, 3.8) is 0 Å². The number of ketones is 1. The zero-order valence-corrected chi connectivity index (χ0v) is 17.6. The second kappa shape index (κ2) is 8.57. The van der Waals surface area contributed by atoms with E-state index in [2.05, 4.69) is 4.98 Å². The Balaban J connectivity index is 1.35. The van der Waals surface area contributed by atoms with Gasteiger partial charge in [-0.2, -0.15) is 0 Å². The lowest BCUT2D eigenvalue weighted by Crippen LogP contribution is -2.19. The number of thiazole rings is 1. The lowest BCUT2D eigenvalue weighted by Gasteiger charge is -2.08. The molecule has 4 rings (SSSR count). The number of esters is 1. The number of ether oxygens (including phenoxy) is 2. The molecule has 1 aromatic carbocycles. The summed E-state index contributed by atoms with van der Waals surface area (Å²) < 4.78 is 17.4. The van der Waals surface area contributed by atoms with Gasteiger partial charge in [-0.05, 0) is 38.1 Å². The number of benzene rings is 1. The summed E-state index contributed by atoms with van der Waals surface area (Å²) in [6, 6.07) is 9.59. The van der Waals surface area contributed by atoms with Crippen molar-refractivity contribution in [1.82, 2.24) is 9.55 Å². The third kappa shape index (κ3) is 4.41. The van der Waals surface area contributed by atoms with Crippen LogP contribution >= 0.6 is 11.3 Å². The molecule has 0 saturated carbocycles.